The zero-order chi connectivity index (χ0) is 14.2. The Bertz CT molecular complexity index is 562. The van der Waals surface area contributed by atoms with Gasteiger partial charge < -0.3 is 10.3 Å². The minimum Gasteiger partial charge on any atom is -0.339 e. The van der Waals surface area contributed by atoms with Gasteiger partial charge in [-0.05, 0) is 74.5 Å². The summed E-state index contributed by atoms with van der Waals surface area (Å²) in [5.74, 6) is 4.01. The van der Waals surface area contributed by atoms with Crippen LogP contribution in [0, 0.1) is 23.2 Å². The van der Waals surface area contributed by atoms with Gasteiger partial charge in [0.15, 0.2) is 5.82 Å². The van der Waals surface area contributed by atoms with Crippen LogP contribution in [0.1, 0.15) is 76.0 Å². The number of nitrogens with two attached hydrogens (primary N) is 1. The topological polar surface area (TPSA) is 64.9 Å². The quantitative estimate of drug-likeness (QED) is 0.926. The first kappa shape index (κ1) is 12.6. The lowest BCUT2D eigenvalue weighted by Crippen LogP contribution is -2.53. The standard InChI is InChI=1S/C17H25N3O/c1-16-5-10-4-11(6-16)8-17(7-10,9-16)15-19-14(20-21-15)13(18)12-2-3-12/h10-13H,2-9,18H2,1H3. The van der Waals surface area contributed by atoms with Crippen molar-refractivity contribution in [1.82, 2.24) is 10.1 Å². The maximum absolute atomic E-state index is 6.25. The Balaban J connectivity index is 1.49. The van der Waals surface area contributed by atoms with Gasteiger partial charge in [-0.25, -0.2) is 0 Å². The van der Waals surface area contributed by atoms with Crippen molar-refractivity contribution < 1.29 is 4.52 Å². The van der Waals surface area contributed by atoms with Crippen molar-refractivity contribution in [3.05, 3.63) is 11.7 Å². The van der Waals surface area contributed by atoms with E-state index in [2.05, 4.69) is 12.1 Å². The molecule has 21 heavy (non-hydrogen) atoms. The van der Waals surface area contributed by atoms with Crippen molar-refractivity contribution in [1.29, 1.82) is 0 Å². The molecule has 3 unspecified atom stereocenters. The summed E-state index contributed by atoms with van der Waals surface area (Å²) in [4.78, 5) is 4.79. The van der Waals surface area contributed by atoms with Crippen LogP contribution >= 0.6 is 0 Å². The average molecular weight is 287 g/mol. The van der Waals surface area contributed by atoms with Gasteiger partial charge in [0.2, 0.25) is 5.89 Å². The normalized spacial score (nSPS) is 46.0. The lowest BCUT2D eigenvalue weighted by atomic mass is 9.44. The molecule has 3 atom stereocenters. The molecule has 5 aliphatic rings. The van der Waals surface area contributed by atoms with Crippen molar-refractivity contribution in [3.63, 3.8) is 0 Å². The molecule has 0 aliphatic heterocycles. The molecule has 6 rings (SSSR count). The second kappa shape index (κ2) is 3.89. The molecule has 4 heteroatoms. The highest BCUT2D eigenvalue weighted by Crippen LogP contribution is 2.65. The first-order valence-electron chi connectivity index (χ1n) is 8.65. The van der Waals surface area contributed by atoms with Gasteiger partial charge in [-0.1, -0.05) is 12.1 Å². The monoisotopic (exact) mass is 287 g/mol. The maximum Gasteiger partial charge on any atom is 0.232 e. The first-order valence-corrected chi connectivity index (χ1v) is 8.65. The van der Waals surface area contributed by atoms with Gasteiger partial charge in [0.1, 0.15) is 0 Å². The highest BCUT2D eigenvalue weighted by Gasteiger charge is 2.58. The van der Waals surface area contributed by atoms with Crippen LogP contribution in [0.3, 0.4) is 0 Å². The molecule has 0 radical (unpaired) electrons. The maximum atomic E-state index is 6.25. The summed E-state index contributed by atoms with van der Waals surface area (Å²) in [5, 5.41) is 4.25. The SMILES string of the molecule is CC12CC3CC(C1)CC(c1nc(C(N)C4CC4)no1)(C3)C2. The van der Waals surface area contributed by atoms with Crippen LogP contribution in [0.25, 0.3) is 0 Å². The van der Waals surface area contributed by atoms with E-state index >= 15 is 0 Å². The van der Waals surface area contributed by atoms with Gasteiger partial charge in [-0.3, -0.25) is 0 Å². The molecule has 0 saturated heterocycles. The van der Waals surface area contributed by atoms with E-state index in [9.17, 15) is 0 Å². The van der Waals surface area contributed by atoms with Crippen molar-refractivity contribution in [2.75, 3.05) is 0 Å². The molecule has 1 aromatic heterocycles. The zero-order valence-electron chi connectivity index (χ0n) is 12.8. The average Bonchev–Trinajstić information content (AvgIpc) is 3.11. The van der Waals surface area contributed by atoms with E-state index in [1.54, 1.807) is 0 Å². The predicted octanol–water partition coefficient (Wildman–Crippen LogP) is 3.34. The highest BCUT2D eigenvalue weighted by atomic mass is 16.5. The van der Waals surface area contributed by atoms with Crippen molar-refractivity contribution in [2.24, 2.45) is 28.9 Å². The number of hydrogen-bond donors (Lipinski definition) is 1. The summed E-state index contributed by atoms with van der Waals surface area (Å²) in [6.45, 7) is 2.48. The number of rotatable bonds is 3. The molecule has 114 valence electrons. The summed E-state index contributed by atoms with van der Waals surface area (Å²) in [7, 11) is 0. The summed E-state index contributed by atoms with van der Waals surface area (Å²) in [6, 6.07) is -0.00741. The van der Waals surface area contributed by atoms with E-state index in [1.165, 1.54) is 51.4 Å². The fourth-order valence-corrected chi connectivity index (χ4v) is 6.22. The Labute approximate surface area is 125 Å². The number of aromatic nitrogens is 2. The summed E-state index contributed by atoms with van der Waals surface area (Å²) >= 11 is 0. The molecule has 5 fully saturated rings. The van der Waals surface area contributed by atoms with Crippen molar-refractivity contribution in [2.45, 2.75) is 69.7 Å². The molecule has 4 bridgehead atoms. The lowest BCUT2D eigenvalue weighted by Gasteiger charge is -2.59. The highest BCUT2D eigenvalue weighted by molar-refractivity contribution is 5.18. The van der Waals surface area contributed by atoms with Crippen LogP contribution in [-0.4, -0.2) is 10.1 Å². The van der Waals surface area contributed by atoms with Crippen LogP contribution in [0.15, 0.2) is 4.52 Å². The Hall–Kier alpha value is -0.900. The molecule has 0 aromatic carbocycles. The minimum atomic E-state index is -0.00741. The predicted molar refractivity (Wildman–Crippen MR) is 78.4 cm³/mol. The molecular formula is C17H25N3O. The molecule has 0 amide bonds. The zero-order valence-corrected chi connectivity index (χ0v) is 12.8. The van der Waals surface area contributed by atoms with Crippen LogP contribution in [0.2, 0.25) is 0 Å². The summed E-state index contributed by atoms with van der Waals surface area (Å²) < 4.78 is 5.75. The van der Waals surface area contributed by atoms with Gasteiger partial charge in [0, 0.05) is 0 Å². The molecular weight excluding hydrogens is 262 g/mol. The Morgan fingerprint density at radius 1 is 1.19 bits per heavy atom. The molecule has 5 aliphatic carbocycles. The van der Waals surface area contributed by atoms with E-state index in [0.717, 1.165) is 23.6 Å². The summed E-state index contributed by atoms with van der Waals surface area (Å²) in [6.07, 6.45) is 10.5. The van der Waals surface area contributed by atoms with Crippen LogP contribution < -0.4 is 5.73 Å². The van der Waals surface area contributed by atoms with Crippen LogP contribution in [0.5, 0.6) is 0 Å². The largest absolute Gasteiger partial charge is 0.339 e. The second-order valence-corrected chi connectivity index (χ2v) is 8.87. The third-order valence-electron chi connectivity index (χ3n) is 6.68. The van der Waals surface area contributed by atoms with Crippen molar-refractivity contribution in [3.8, 4) is 0 Å². The van der Waals surface area contributed by atoms with Crippen LogP contribution in [0.4, 0.5) is 0 Å². The second-order valence-electron chi connectivity index (χ2n) is 8.87. The van der Waals surface area contributed by atoms with Gasteiger partial charge in [0.05, 0.1) is 11.5 Å². The lowest BCUT2D eigenvalue weighted by molar-refractivity contribution is -0.0724. The van der Waals surface area contributed by atoms with E-state index in [0.29, 0.717) is 11.3 Å². The van der Waals surface area contributed by atoms with Gasteiger partial charge in [-0.15, -0.1) is 0 Å². The molecule has 2 N–H and O–H groups in total. The molecule has 1 aromatic rings. The first-order chi connectivity index (χ1) is 10.1. The minimum absolute atomic E-state index is 0.00741. The fraction of sp³-hybridized carbons (Fsp3) is 0.882. The molecule has 1 heterocycles. The number of nitrogens with zero attached hydrogens (tertiary/aromatic N) is 2. The summed E-state index contributed by atoms with van der Waals surface area (Å²) in [5.41, 5.74) is 6.93. The van der Waals surface area contributed by atoms with E-state index in [4.69, 9.17) is 15.2 Å². The number of hydrogen-bond acceptors (Lipinski definition) is 4. The Morgan fingerprint density at radius 3 is 2.52 bits per heavy atom. The molecule has 0 spiro atoms. The van der Waals surface area contributed by atoms with Crippen LogP contribution in [-0.2, 0) is 5.41 Å². The Morgan fingerprint density at radius 2 is 1.90 bits per heavy atom. The van der Waals surface area contributed by atoms with E-state index < -0.39 is 0 Å². The Kier molecular flexibility index (Phi) is 2.34. The van der Waals surface area contributed by atoms with Gasteiger partial charge >= 0.3 is 0 Å². The molecule has 4 nitrogen and oxygen atoms in total. The third-order valence-corrected chi connectivity index (χ3v) is 6.68. The van der Waals surface area contributed by atoms with E-state index in [1.807, 2.05) is 0 Å². The van der Waals surface area contributed by atoms with Gasteiger partial charge in [-0.2, -0.15) is 4.98 Å². The fourth-order valence-electron chi connectivity index (χ4n) is 6.22. The molecule has 5 saturated carbocycles. The smallest absolute Gasteiger partial charge is 0.232 e. The van der Waals surface area contributed by atoms with E-state index in [-0.39, 0.29) is 11.5 Å². The third kappa shape index (κ3) is 1.84. The van der Waals surface area contributed by atoms with Gasteiger partial charge in [0.25, 0.3) is 0 Å². The van der Waals surface area contributed by atoms with Crippen molar-refractivity contribution >= 4 is 0 Å².